The second kappa shape index (κ2) is 7.56. The minimum atomic E-state index is 0.449. The van der Waals surface area contributed by atoms with Crippen molar-refractivity contribution in [1.82, 2.24) is 15.3 Å². The molecule has 7 heteroatoms. The molecule has 0 atom stereocenters. The Hall–Kier alpha value is -2.08. The fraction of sp³-hybridized carbons (Fsp3) is 0.391. The normalized spacial score (nSPS) is 17.6. The van der Waals surface area contributed by atoms with Crippen molar-refractivity contribution >= 4 is 34.1 Å². The molecule has 0 amide bonds. The van der Waals surface area contributed by atoms with Gasteiger partial charge in [-0.3, -0.25) is 0 Å². The highest BCUT2D eigenvalue weighted by atomic mass is 35.5. The van der Waals surface area contributed by atoms with Crippen LogP contribution in [0.3, 0.4) is 0 Å². The van der Waals surface area contributed by atoms with Crippen LogP contribution in [-0.4, -0.2) is 37.3 Å². The van der Waals surface area contributed by atoms with E-state index >= 15 is 0 Å². The van der Waals surface area contributed by atoms with Gasteiger partial charge in [0, 0.05) is 42.7 Å². The third-order valence-corrected chi connectivity index (χ3v) is 7.16. The Morgan fingerprint density at radius 2 is 1.77 bits per heavy atom. The number of hydrogen-bond donors (Lipinski definition) is 1. The molecule has 1 aliphatic heterocycles. The standard InChI is InChI=1S/C23H23Cl2N3O2/c1-29-17-7-18(30-2)22(25)20(21(17)24)14-3-4-16-15(6-14)10-27-19(28-16)5-13-8-23(9-13)11-26-12-23/h3-4,6-7,10,13,26H,5,8-9,11-12H2,1-2H3. The maximum absolute atomic E-state index is 6.57. The number of rotatable bonds is 5. The molecule has 2 aromatic carbocycles. The highest BCUT2D eigenvalue weighted by Crippen LogP contribution is 2.49. The Morgan fingerprint density at radius 1 is 1.07 bits per heavy atom. The highest BCUT2D eigenvalue weighted by molar-refractivity contribution is 6.41. The second-order valence-corrected chi connectivity index (χ2v) is 9.18. The summed E-state index contributed by atoms with van der Waals surface area (Å²) in [6, 6.07) is 7.66. The van der Waals surface area contributed by atoms with E-state index in [0.29, 0.717) is 38.4 Å². The minimum Gasteiger partial charge on any atom is -0.495 e. The van der Waals surface area contributed by atoms with Gasteiger partial charge >= 0.3 is 0 Å². The average Bonchev–Trinajstić information content (AvgIpc) is 2.69. The van der Waals surface area contributed by atoms with E-state index in [-0.39, 0.29) is 0 Å². The van der Waals surface area contributed by atoms with Crippen LogP contribution in [-0.2, 0) is 6.42 Å². The smallest absolute Gasteiger partial charge is 0.141 e. The molecule has 5 rings (SSSR count). The number of nitrogens with zero attached hydrogens (tertiary/aromatic N) is 2. The number of ether oxygens (including phenoxy) is 2. The summed E-state index contributed by atoms with van der Waals surface area (Å²) in [6.07, 6.45) is 5.41. The van der Waals surface area contributed by atoms with Crippen LogP contribution in [0.2, 0.25) is 10.0 Å². The molecule has 1 saturated heterocycles. The number of fused-ring (bicyclic) bond motifs is 1. The summed E-state index contributed by atoms with van der Waals surface area (Å²) >= 11 is 13.1. The summed E-state index contributed by atoms with van der Waals surface area (Å²) in [5, 5.41) is 5.23. The zero-order chi connectivity index (χ0) is 20.9. The monoisotopic (exact) mass is 443 g/mol. The predicted octanol–water partition coefficient (Wildman–Crippen LogP) is 5.16. The number of methoxy groups -OCH3 is 2. The van der Waals surface area contributed by atoms with Crippen LogP contribution in [0.25, 0.3) is 22.0 Å². The maximum atomic E-state index is 6.57. The molecule has 1 aliphatic carbocycles. The topological polar surface area (TPSA) is 56.3 Å². The van der Waals surface area contributed by atoms with Gasteiger partial charge in [-0.2, -0.15) is 0 Å². The van der Waals surface area contributed by atoms with Gasteiger partial charge in [0.15, 0.2) is 0 Å². The van der Waals surface area contributed by atoms with Gasteiger partial charge in [-0.25, -0.2) is 9.97 Å². The van der Waals surface area contributed by atoms with Gasteiger partial charge < -0.3 is 14.8 Å². The van der Waals surface area contributed by atoms with Crippen molar-refractivity contribution in [1.29, 1.82) is 0 Å². The van der Waals surface area contributed by atoms with Gasteiger partial charge in [-0.05, 0) is 41.9 Å². The Labute approximate surface area is 185 Å². The number of nitrogens with one attached hydrogen (secondary N) is 1. The number of benzene rings is 2. The SMILES string of the molecule is COc1cc(OC)c(Cl)c(-c2ccc3nc(CC4CC5(CNC5)C4)ncc3c2)c1Cl. The van der Waals surface area contributed by atoms with Crippen molar-refractivity contribution < 1.29 is 9.47 Å². The van der Waals surface area contributed by atoms with E-state index in [1.54, 1.807) is 20.3 Å². The lowest BCUT2D eigenvalue weighted by Gasteiger charge is -2.54. The molecule has 1 N–H and O–H groups in total. The van der Waals surface area contributed by atoms with Crippen LogP contribution in [0.5, 0.6) is 11.5 Å². The number of aromatic nitrogens is 2. The molecule has 5 nitrogen and oxygen atoms in total. The number of hydrogen-bond acceptors (Lipinski definition) is 5. The zero-order valence-electron chi connectivity index (χ0n) is 17.0. The summed E-state index contributed by atoms with van der Waals surface area (Å²) in [7, 11) is 3.14. The lowest BCUT2D eigenvalue weighted by atomic mass is 9.58. The summed E-state index contributed by atoms with van der Waals surface area (Å²) in [5.74, 6) is 2.64. The van der Waals surface area contributed by atoms with Gasteiger partial charge in [0.05, 0.1) is 29.8 Å². The molecule has 2 fully saturated rings. The highest BCUT2D eigenvalue weighted by Gasteiger charge is 2.48. The molecule has 1 aromatic heterocycles. The average molecular weight is 444 g/mol. The Kier molecular flexibility index (Phi) is 5.00. The van der Waals surface area contributed by atoms with Crippen LogP contribution >= 0.6 is 23.2 Å². The Bertz CT molecular complexity index is 1090. The van der Waals surface area contributed by atoms with E-state index < -0.39 is 0 Å². The molecule has 3 aromatic rings. The first-order valence-electron chi connectivity index (χ1n) is 10.1. The van der Waals surface area contributed by atoms with Crippen molar-refractivity contribution in [2.45, 2.75) is 19.3 Å². The van der Waals surface area contributed by atoms with Gasteiger partial charge in [0.25, 0.3) is 0 Å². The molecule has 0 unspecified atom stereocenters. The van der Waals surface area contributed by atoms with E-state index in [2.05, 4.69) is 10.3 Å². The Morgan fingerprint density at radius 3 is 2.37 bits per heavy atom. The molecule has 2 heterocycles. The number of halogens is 2. The van der Waals surface area contributed by atoms with Crippen molar-refractivity contribution in [3.05, 3.63) is 46.3 Å². The largest absolute Gasteiger partial charge is 0.495 e. The first-order chi connectivity index (χ1) is 14.5. The van der Waals surface area contributed by atoms with Gasteiger partial charge in [0.2, 0.25) is 0 Å². The summed E-state index contributed by atoms with van der Waals surface area (Å²) in [4.78, 5) is 9.42. The predicted molar refractivity (Wildman–Crippen MR) is 120 cm³/mol. The molecule has 0 radical (unpaired) electrons. The molecular weight excluding hydrogens is 421 g/mol. The van der Waals surface area contributed by atoms with Crippen molar-refractivity contribution in [2.24, 2.45) is 11.3 Å². The van der Waals surface area contributed by atoms with Crippen LogP contribution in [0.1, 0.15) is 18.7 Å². The van der Waals surface area contributed by atoms with E-state index in [1.807, 2.05) is 24.4 Å². The zero-order valence-corrected chi connectivity index (χ0v) is 18.5. The lowest BCUT2D eigenvalue weighted by Crippen LogP contribution is -2.60. The van der Waals surface area contributed by atoms with E-state index in [0.717, 1.165) is 28.7 Å². The fourth-order valence-electron chi connectivity index (χ4n) is 4.80. The van der Waals surface area contributed by atoms with Crippen LogP contribution in [0, 0.1) is 11.3 Å². The first kappa shape index (κ1) is 19.9. The van der Waals surface area contributed by atoms with Gasteiger partial charge in [-0.15, -0.1) is 0 Å². The third kappa shape index (κ3) is 3.29. The lowest BCUT2D eigenvalue weighted by molar-refractivity contribution is 0.0000822. The Balaban J connectivity index is 1.44. The molecule has 1 saturated carbocycles. The molecule has 30 heavy (non-hydrogen) atoms. The molecule has 1 spiro atoms. The van der Waals surface area contributed by atoms with E-state index in [4.69, 9.17) is 37.7 Å². The molecule has 0 bridgehead atoms. The molecule has 156 valence electrons. The van der Waals surface area contributed by atoms with Crippen LogP contribution in [0.15, 0.2) is 30.5 Å². The summed E-state index contributed by atoms with van der Waals surface area (Å²) in [5.41, 5.74) is 3.04. The fourth-order valence-corrected chi connectivity index (χ4v) is 5.52. The van der Waals surface area contributed by atoms with Gasteiger partial charge in [0.1, 0.15) is 17.3 Å². The third-order valence-electron chi connectivity index (χ3n) is 6.41. The summed E-state index contributed by atoms with van der Waals surface area (Å²) < 4.78 is 10.8. The van der Waals surface area contributed by atoms with Crippen LogP contribution in [0.4, 0.5) is 0 Å². The second-order valence-electron chi connectivity index (χ2n) is 8.43. The summed E-state index contributed by atoms with van der Waals surface area (Å²) in [6.45, 7) is 2.34. The molecular formula is C23H23Cl2N3O2. The van der Waals surface area contributed by atoms with E-state index in [1.165, 1.54) is 25.9 Å². The van der Waals surface area contributed by atoms with Crippen molar-refractivity contribution in [3.63, 3.8) is 0 Å². The van der Waals surface area contributed by atoms with Gasteiger partial charge in [-0.1, -0.05) is 29.3 Å². The first-order valence-corrected chi connectivity index (χ1v) is 10.8. The maximum Gasteiger partial charge on any atom is 0.141 e. The minimum absolute atomic E-state index is 0.449. The van der Waals surface area contributed by atoms with Crippen molar-refractivity contribution in [2.75, 3.05) is 27.3 Å². The van der Waals surface area contributed by atoms with E-state index in [9.17, 15) is 0 Å². The quantitative estimate of drug-likeness (QED) is 0.589. The van der Waals surface area contributed by atoms with Crippen LogP contribution < -0.4 is 14.8 Å². The molecule has 2 aliphatic rings. The van der Waals surface area contributed by atoms with Crippen molar-refractivity contribution in [3.8, 4) is 22.6 Å².